The van der Waals surface area contributed by atoms with Crippen LogP contribution in [0.15, 0.2) is 54.6 Å². The second kappa shape index (κ2) is 10.7. The number of nitrogens with two attached hydrogens (primary N) is 1. The van der Waals surface area contributed by atoms with E-state index in [9.17, 15) is 14.0 Å². The Morgan fingerprint density at radius 1 is 1.06 bits per heavy atom. The summed E-state index contributed by atoms with van der Waals surface area (Å²) >= 11 is 0. The van der Waals surface area contributed by atoms with Crippen LogP contribution in [0, 0.1) is 17.7 Å². The van der Waals surface area contributed by atoms with Crippen molar-refractivity contribution in [2.75, 3.05) is 6.54 Å². The van der Waals surface area contributed by atoms with Gasteiger partial charge in [0.2, 0.25) is 0 Å². The van der Waals surface area contributed by atoms with Gasteiger partial charge in [-0.15, -0.1) is 0 Å². The summed E-state index contributed by atoms with van der Waals surface area (Å²) in [7, 11) is 0. The molecule has 2 fully saturated rings. The van der Waals surface area contributed by atoms with E-state index in [1.807, 2.05) is 37.3 Å². The van der Waals surface area contributed by atoms with Crippen LogP contribution in [0.4, 0.5) is 4.39 Å². The lowest BCUT2D eigenvalue weighted by atomic mass is 9.67. The Balaban J connectivity index is 1.40. The van der Waals surface area contributed by atoms with Gasteiger partial charge in [-0.3, -0.25) is 14.5 Å². The molecule has 2 aliphatic rings. The van der Waals surface area contributed by atoms with Crippen LogP contribution in [-0.4, -0.2) is 35.2 Å². The van der Waals surface area contributed by atoms with Crippen molar-refractivity contribution in [1.82, 2.24) is 4.90 Å². The normalized spacial score (nSPS) is 26.4. The highest BCUT2D eigenvalue weighted by Gasteiger charge is 2.46. The molecule has 2 N–H and O–H groups in total. The quantitative estimate of drug-likeness (QED) is 0.553. The molecule has 5 atom stereocenters. The van der Waals surface area contributed by atoms with Crippen LogP contribution >= 0.6 is 0 Å². The third-order valence-electron chi connectivity index (χ3n) is 7.72. The Morgan fingerprint density at radius 2 is 1.76 bits per heavy atom. The predicted octanol–water partition coefficient (Wildman–Crippen LogP) is 5.33. The maximum atomic E-state index is 13.5. The molecule has 1 saturated heterocycles. The summed E-state index contributed by atoms with van der Waals surface area (Å²) in [6, 6.07) is 16.1. The minimum absolute atomic E-state index is 0.00222. The van der Waals surface area contributed by atoms with E-state index in [-0.39, 0.29) is 29.6 Å². The number of rotatable bonds is 8. The first-order chi connectivity index (χ1) is 16.0. The first kappa shape index (κ1) is 23.8. The minimum atomic E-state index is -0.333. The molecule has 1 aliphatic carbocycles. The molecule has 0 aromatic heterocycles. The highest BCUT2D eigenvalue weighted by atomic mass is 19.1. The fraction of sp³-hybridized carbons (Fsp3) is 0.500. The zero-order chi connectivity index (χ0) is 23.4. The molecule has 1 aliphatic heterocycles. The van der Waals surface area contributed by atoms with Crippen molar-refractivity contribution in [3.05, 3.63) is 71.5 Å². The molecule has 176 valence electrons. The standard InChI is InChI=1S/C28H35FN2O2/c1-19(20-8-3-2-4-9-20)28(33)24-18-27(30)31(25-11-6-5-10-23(24)25)17-7-12-26(32)21-13-15-22(29)16-14-21/h2-4,8-9,13-16,19,23-25,27H,5-7,10-12,17-18,30H2,1H3. The molecule has 4 rings (SSSR count). The Bertz CT molecular complexity index is 946. The Morgan fingerprint density at radius 3 is 2.48 bits per heavy atom. The molecule has 2 aromatic rings. The van der Waals surface area contributed by atoms with Crippen molar-refractivity contribution in [1.29, 1.82) is 0 Å². The number of likely N-dealkylation sites (tertiary alicyclic amines) is 1. The second-order valence-corrected chi connectivity index (χ2v) is 9.73. The van der Waals surface area contributed by atoms with E-state index in [0.29, 0.717) is 42.6 Å². The Hall–Kier alpha value is -2.37. The maximum Gasteiger partial charge on any atom is 0.162 e. The molecule has 0 amide bonds. The number of carbonyl (C=O) groups excluding carboxylic acids is 2. The van der Waals surface area contributed by atoms with Gasteiger partial charge in [-0.2, -0.15) is 0 Å². The van der Waals surface area contributed by atoms with Crippen LogP contribution in [0.5, 0.6) is 0 Å². The fourth-order valence-electron chi connectivity index (χ4n) is 5.93. The third kappa shape index (κ3) is 5.42. The lowest BCUT2D eigenvalue weighted by Gasteiger charge is -2.51. The molecule has 0 bridgehead atoms. The Kier molecular flexibility index (Phi) is 7.71. The highest BCUT2D eigenvalue weighted by molar-refractivity contribution is 5.96. The van der Waals surface area contributed by atoms with Crippen molar-refractivity contribution < 1.29 is 14.0 Å². The number of hydrogen-bond donors (Lipinski definition) is 1. The summed E-state index contributed by atoms with van der Waals surface area (Å²) in [5, 5.41) is 0. The highest BCUT2D eigenvalue weighted by Crippen LogP contribution is 2.42. The van der Waals surface area contributed by atoms with E-state index < -0.39 is 0 Å². The van der Waals surface area contributed by atoms with E-state index >= 15 is 0 Å². The van der Waals surface area contributed by atoms with Crippen molar-refractivity contribution in [3.63, 3.8) is 0 Å². The summed E-state index contributed by atoms with van der Waals surface area (Å²) in [5.74, 6) is 0.235. The lowest BCUT2D eigenvalue weighted by Crippen LogP contribution is -2.60. The third-order valence-corrected chi connectivity index (χ3v) is 7.72. The Labute approximate surface area is 196 Å². The number of halogens is 1. The average molecular weight is 451 g/mol. The average Bonchev–Trinajstić information content (AvgIpc) is 2.85. The largest absolute Gasteiger partial charge is 0.316 e. The number of nitrogens with zero attached hydrogens (tertiary/aromatic N) is 1. The molecule has 4 nitrogen and oxygen atoms in total. The summed E-state index contributed by atoms with van der Waals surface area (Å²) < 4.78 is 13.1. The van der Waals surface area contributed by atoms with Gasteiger partial charge in [0, 0.05) is 36.4 Å². The van der Waals surface area contributed by atoms with Gasteiger partial charge in [-0.25, -0.2) is 4.39 Å². The number of carbonyl (C=O) groups is 2. The summed E-state index contributed by atoms with van der Waals surface area (Å²) in [6.07, 6.45) is 6.11. The second-order valence-electron chi connectivity index (χ2n) is 9.73. The van der Waals surface area contributed by atoms with Crippen LogP contribution in [0.3, 0.4) is 0 Å². The molecular formula is C28H35FN2O2. The first-order valence-electron chi connectivity index (χ1n) is 12.3. The number of piperidine rings is 1. The van der Waals surface area contributed by atoms with E-state index in [1.54, 1.807) is 12.1 Å². The molecule has 1 saturated carbocycles. The summed E-state index contributed by atoms with van der Waals surface area (Å²) in [4.78, 5) is 28.4. The smallest absolute Gasteiger partial charge is 0.162 e. The van der Waals surface area contributed by atoms with Gasteiger partial charge < -0.3 is 5.73 Å². The van der Waals surface area contributed by atoms with Crippen LogP contribution in [0.25, 0.3) is 0 Å². The predicted molar refractivity (Wildman–Crippen MR) is 128 cm³/mol. The molecular weight excluding hydrogens is 415 g/mol. The van der Waals surface area contributed by atoms with E-state index in [1.165, 1.54) is 12.1 Å². The van der Waals surface area contributed by atoms with Gasteiger partial charge in [0.25, 0.3) is 0 Å². The van der Waals surface area contributed by atoms with Crippen molar-refractivity contribution in [3.8, 4) is 0 Å². The number of hydrogen-bond acceptors (Lipinski definition) is 4. The van der Waals surface area contributed by atoms with Crippen molar-refractivity contribution >= 4 is 11.6 Å². The molecule has 5 heteroatoms. The van der Waals surface area contributed by atoms with Gasteiger partial charge in [-0.05, 0) is 61.4 Å². The monoisotopic (exact) mass is 450 g/mol. The molecule has 1 heterocycles. The van der Waals surface area contributed by atoms with Gasteiger partial charge in [0.05, 0.1) is 6.17 Å². The first-order valence-corrected chi connectivity index (χ1v) is 12.3. The zero-order valence-corrected chi connectivity index (χ0v) is 19.5. The molecule has 0 radical (unpaired) electrons. The van der Waals surface area contributed by atoms with Crippen molar-refractivity contribution in [2.24, 2.45) is 17.6 Å². The molecule has 0 spiro atoms. The SMILES string of the molecule is CC(C(=O)C1CC(N)N(CCCC(=O)c2ccc(F)cc2)C2CCCCC12)c1ccccc1. The van der Waals surface area contributed by atoms with Crippen molar-refractivity contribution in [2.45, 2.75) is 70.0 Å². The fourth-order valence-corrected chi connectivity index (χ4v) is 5.93. The summed E-state index contributed by atoms with van der Waals surface area (Å²) in [5.41, 5.74) is 8.27. The maximum absolute atomic E-state index is 13.5. The number of fused-ring (bicyclic) bond motifs is 1. The van der Waals surface area contributed by atoms with E-state index in [2.05, 4.69) is 4.90 Å². The molecule has 2 aromatic carbocycles. The number of ketones is 2. The van der Waals surface area contributed by atoms with E-state index in [4.69, 9.17) is 5.73 Å². The zero-order valence-electron chi connectivity index (χ0n) is 19.5. The van der Waals surface area contributed by atoms with Gasteiger partial charge >= 0.3 is 0 Å². The van der Waals surface area contributed by atoms with Crippen LogP contribution in [-0.2, 0) is 4.79 Å². The van der Waals surface area contributed by atoms with Crippen LogP contribution in [0.2, 0.25) is 0 Å². The van der Waals surface area contributed by atoms with Gasteiger partial charge in [0.1, 0.15) is 11.6 Å². The molecule has 5 unspecified atom stereocenters. The topological polar surface area (TPSA) is 63.4 Å². The molecule has 33 heavy (non-hydrogen) atoms. The number of benzene rings is 2. The van der Waals surface area contributed by atoms with E-state index in [0.717, 1.165) is 37.8 Å². The minimum Gasteiger partial charge on any atom is -0.316 e. The number of Topliss-reactive ketones (excluding diaryl/α,β-unsaturated/α-hetero) is 2. The summed E-state index contributed by atoms with van der Waals surface area (Å²) in [6.45, 7) is 2.78. The van der Waals surface area contributed by atoms with Gasteiger partial charge in [0.15, 0.2) is 5.78 Å². The van der Waals surface area contributed by atoms with Gasteiger partial charge in [-0.1, -0.05) is 50.1 Å². The van der Waals surface area contributed by atoms with Crippen LogP contribution in [0.1, 0.15) is 73.7 Å². The lowest BCUT2D eigenvalue weighted by molar-refractivity contribution is -0.132. The van der Waals surface area contributed by atoms with Crippen LogP contribution < -0.4 is 5.73 Å².